The molecule has 33 heavy (non-hydrogen) atoms. The van der Waals surface area contributed by atoms with Crippen LogP contribution in [0, 0.1) is 10.5 Å². The van der Waals surface area contributed by atoms with Crippen molar-refractivity contribution in [3.8, 4) is 5.75 Å². The average molecular weight is 617 g/mol. The van der Waals surface area contributed by atoms with Crippen molar-refractivity contribution in [1.82, 2.24) is 5.32 Å². The minimum Gasteiger partial charge on any atom is -0.488 e. The first kappa shape index (κ1) is 23.2. The highest BCUT2D eigenvalue weighted by Crippen LogP contribution is 2.29. The van der Waals surface area contributed by atoms with Crippen LogP contribution >= 0.6 is 38.5 Å². The minimum absolute atomic E-state index is 0.157. The maximum atomic E-state index is 13.2. The number of nitrogens with one attached hydrogen (secondary N) is 1. The second-order valence-electron chi connectivity index (χ2n) is 7.34. The molecule has 0 unspecified atom stereocenters. The normalized spacial score (nSPS) is 15.1. The molecule has 166 valence electrons. The van der Waals surface area contributed by atoms with Gasteiger partial charge in [-0.1, -0.05) is 46.3 Å². The van der Waals surface area contributed by atoms with Crippen LogP contribution in [0.5, 0.6) is 5.75 Å². The van der Waals surface area contributed by atoms with Gasteiger partial charge in [-0.05, 0) is 83.1 Å². The van der Waals surface area contributed by atoms with E-state index in [-0.39, 0.29) is 5.57 Å². The molecule has 0 saturated carbocycles. The van der Waals surface area contributed by atoms with Crippen LogP contribution in [0.4, 0.5) is 10.5 Å². The molecule has 1 saturated heterocycles. The summed E-state index contributed by atoms with van der Waals surface area (Å²) in [5.74, 6) is -0.941. The molecule has 1 aliphatic rings. The number of halogens is 2. The third-order valence-corrected chi connectivity index (χ3v) is 6.25. The smallest absolute Gasteiger partial charge is 0.335 e. The number of amides is 4. The molecule has 0 aromatic heterocycles. The van der Waals surface area contributed by atoms with E-state index < -0.39 is 17.8 Å². The molecule has 1 heterocycles. The summed E-state index contributed by atoms with van der Waals surface area (Å²) < 4.78 is 7.87. The van der Waals surface area contributed by atoms with Gasteiger partial charge in [0.15, 0.2) is 0 Å². The lowest BCUT2D eigenvalue weighted by Gasteiger charge is -2.27. The predicted octanol–water partition coefficient (Wildman–Crippen LogP) is 5.61. The molecule has 8 heteroatoms. The van der Waals surface area contributed by atoms with Crippen molar-refractivity contribution in [3.63, 3.8) is 0 Å². The Morgan fingerprint density at radius 1 is 1.03 bits per heavy atom. The summed E-state index contributed by atoms with van der Waals surface area (Å²) in [4.78, 5) is 39.3. The lowest BCUT2D eigenvalue weighted by Crippen LogP contribution is -2.54. The van der Waals surface area contributed by atoms with Crippen molar-refractivity contribution in [2.45, 2.75) is 13.5 Å². The topological polar surface area (TPSA) is 75.7 Å². The molecule has 1 aliphatic heterocycles. The number of para-hydroxylation sites is 1. The van der Waals surface area contributed by atoms with E-state index in [1.165, 1.54) is 6.08 Å². The largest absolute Gasteiger partial charge is 0.488 e. The Bertz CT molecular complexity index is 1290. The van der Waals surface area contributed by atoms with Gasteiger partial charge in [-0.3, -0.25) is 14.9 Å². The van der Waals surface area contributed by atoms with Crippen LogP contribution in [-0.4, -0.2) is 17.8 Å². The molecule has 0 aliphatic carbocycles. The molecule has 4 rings (SSSR count). The van der Waals surface area contributed by atoms with Gasteiger partial charge in [0.1, 0.15) is 17.9 Å². The van der Waals surface area contributed by atoms with Crippen molar-refractivity contribution in [3.05, 3.63) is 97.0 Å². The third kappa shape index (κ3) is 5.17. The van der Waals surface area contributed by atoms with Gasteiger partial charge in [0.2, 0.25) is 0 Å². The zero-order valence-electron chi connectivity index (χ0n) is 17.5. The second-order valence-corrected chi connectivity index (χ2v) is 9.50. The Labute approximate surface area is 212 Å². The fourth-order valence-corrected chi connectivity index (χ4v) is 4.09. The van der Waals surface area contributed by atoms with Crippen molar-refractivity contribution < 1.29 is 19.1 Å². The van der Waals surface area contributed by atoms with Crippen LogP contribution in [0.25, 0.3) is 6.08 Å². The highest BCUT2D eigenvalue weighted by molar-refractivity contribution is 14.1. The Balaban J connectivity index is 1.68. The predicted molar refractivity (Wildman–Crippen MR) is 138 cm³/mol. The summed E-state index contributed by atoms with van der Waals surface area (Å²) in [5.41, 5.74) is 2.52. The Hall–Kier alpha value is -2.98. The Kier molecular flexibility index (Phi) is 6.94. The maximum absolute atomic E-state index is 13.2. The van der Waals surface area contributed by atoms with Crippen molar-refractivity contribution >= 4 is 68.1 Å². The van der Waals surface area contributed by atoms with Crippen LogP contribution in [0.1, 0.15) is 16.7 Å². The van der Waals surface area contributed by atoms with Gasteiger partial charge in [-0.15, -0.1) is 0 Å². The summed E-state index contributed by atoms with van der Waals surface area (Å²) in [7, 11) is 0. The number of hydrogen-bond donors (Lipinski definition) is 1. The van der Waals surface area contributed by atoms with Gasteiger partial charge in [-0.2, -0.15) is 0 Å². The van der Waals surface area contributed by atoms with Crippen molar-refractivity contribution in [2.24, 2.45) is 0 Å². The molecule has 6 nitrogen and oxygen atoms in total. The average Bonchev–Trinajstić information content (AvgIpc) is 2.78. The SMILES string of the molecule is Cc1ccccc1N1C(=O)NC(=O)/C(=C\c2cc(Br)ccc2OCc2ccc(I)cc2)C1=O. The van der Waals surface area contributed by atoms with E-state index >= 15 is 0 Å². The Morgan fingerprint density at radius 2 is 1.76 bits per heavy atom. The van der Waals surface area contributed by atoms with Crippen LogP contribution < -0.4 is 15.0 Å². The van der Waals surface area contributed by atoms with E-state index in [4.69, 9.17) is 4.74 Å². The van der Waals surface area contributed by atoms with Crippen molar-refractivity contribution in [1.29, 1.82) is 0 Å². The summed E-state index contributed by atoms with van der Waals surface area (Å²) in [6.07, 6.45) is 1.45. The molecule has 3 aromatic rings. The summed E-state index contributed by atoms with van der Waals surface area (Å²) in [5, 5.41) is 2.26. The first-order chi connectivity index (χ1) is 15.8. The number of aryl methyl sites for hydroxylation is 1. The number of carbonyl (C=O) groups excluding carboxylic acids is 3. The van der Waals surface area contributed by atoms with Gasteiger partial charge in [-0.25, -0.2) is 9.69 Å². The molecule has 1 fully saturated rings. The molecule has 0 radical (unpaired) electrons. The van der Waals surface area contributed by atoms with Crippen LogP contribution in [0.2, 0.25) is 0 Å². The first-order valence-electron chi connectivity index (χ1n) is 9.97. The summed E-state index contributed by atoms with van der Waals surface area (Å²) in [6, 6.07) is 19.5. The van der Waals surface area contributed by atoms with Crippen LogP contribution in [0.3, 0.4) is 0 Å². The molecule has 0 bridgehead atoms. The van der Waals surface area contributed by atoms with Crippen LogP contribution in [-0.2, 0) is 16.2 Å². The van der Waals surface area contributed by atoms with Gasteiger partial charge in [0.05, 0.1) is 5.69 Å². The van der Waals surface area contributed by atoms with Crippen molar-refractivity contribution in [2.75, 3.05) is 4.90 Å². The number of urea groups is 1. The van der Waals surface area contributed by atoms with E-state index in [1.54, 1.807) is 37.3 Å². The van der Waals surface area contributed by atoms with Crippen LogP contribution in [0.15, 0.2) is 76.8 Å². The molecular weight excluding hydrogens is 599 g/mol. The number of ether oxygens (including phenoxy) is 1. The van der Waals surface area contributed by atoms with E-state index in [1.807, 2.05) is 36.4 Å². The fraction of sp³-hybridized carbons (Fsp3) is 0.0800. The van der Waals surface area contributed by atoms with Gasteiger partial charge >= 0.3 is 6.03 Å². The number of barbiturate groups is 1. The molecule has 3 aromatic carbocycles. The zero-order valence-corrected chi connectivity index (χ0v) is 21.2. The number of hydrogen-bond acceptors (Lipinski definition) is 4. The maximum Gasteiger partial charge on any atom is 0.335 e. The number of rotatable bonds is 5. The number of anilines is 1. The first-order valence-corrected chi connectivity index (χ1v) is 11.8. The minimum atomic E-state index is -0.777. The molecular formula is C25H18BrIN2O4. The molecule has 0 atom stereocenters. The second kappa shape index (κ2) is 9.88. The highest BCUT2D eigenvalue weighted by Gasteiger charge is 2.37. The lowest BCUT2D eigenvalue weighted by molar-refractivity contribution is -0.122. The van der Waals surface area contributed by atoms with E-state index in [0.29, 0.717) is 23.6 Å². The quantitative estimate of drug-likeness (QED) is 0.230. The summed E-state index contributed by atoms with van der Waals surface area (Å²) in [6.45, 7) is 2.11. The number of imide groups is 2. The third-order valence-electron chi connectivity index (χ3n) is 5.04. The standard InChI is InChI=1S/C25H18BrIN2O4/c1-15-4-2-3-5-21(15)29-24(31)20(23(30)28-25(29)32)13-17-12-18(26)8-11-22(17)33-14-16-6-9-19(27)10-7-16/h2-13H,14H2,1H3,(H,28,30,32)/b20-13+. The number of nitrogens with zero attached hydrogens (tertiary/aromatic N) is 1. The monoisotopic (exact) mass is 616 g/mol. The zero-order chi connectivity index (χ0) is 23.5. The number of benzene rings is 3. The van der Waals surface area contributed by atoms with Gasteiger partial charge in [0, 0.05) is 13.6 Å². The molecule has 1 N–H and O–H groups in total. The van der Waals surface area contributed by atoms with Gasteiger partial charge in [0.25, 0.3) is 11.8 Å². The van der Waals surface area contributed by atoms with E-state index in [9.17, 15) is 14.4 Å². The fourth-order valence-electron chi connectivity index (χ4n) is 3.35. The summed E-state index contributed by atoms with van der Waals surface area (Å²) >= 11 is 5.66. The molecule has 0 spiro atoms. The highest BCUT2D eigenvalue weighted by atomic mass is 127. The van der Waals surface area contributed by atoms with Gasteiger partial charge < -0.3 is 4.74 Å². The molecule has 4 amide bonds. The Morgan fingerprint density at radius 3 is 2.48 bits per heavy atom. The lowest BCUT2D eigenvalue weighted by atomic mass is 10.0. The van der Waals surface area contributed by atoms with E-state index in [0.717, 1.165) is 24.1 Å². The number of carbonyl (C=O) groups is 3. The van der Waals surface area contributed by atoms with E-state index in [2.05, 4.69) is 43.8 Å².